The van der Waals surface area contributed by atoms with Crippen molar-refractivity contribution in [3.05, 3.63) is 29.8 Å². The molecule has 1 aromatic rings. The average molecular weight is 358 g/mol. The summed E-state index contributed by atoms with van der Waals surface area (Å²) in [5, 5.41) is 12.7. The van der Waals surface area contributed by atoms with E-state index in [4.69, 9.17) is 0 Å². The molecule has 2 N–H and O–H groups in total. The van der Waals surface area contributed by atoms with E-state index in [2.05, 4.69) is 5.32 Å². The second kappa shape index (κ2) is 9.06. The number of rotatable bonds is 5. The van der Waals surface area contributed by atoms with Crippen LogP contribution in [0.2, 0.25) is 0 Å². The Hall–Kier alpha value is -2.04. The number of carbonyl (C=O) groups is 2. The van der Waals surface area contributed by atoms with Crippen LogP contribution in [0.5, 0.6) is 5.75 Å². The molecule has 0 unspecified atom stereocenters. The number of nitrogens with one attached hydrogen (secondary N) is 1. The van der Waals surface area contributed by atoms with Crippen LogP contribution in [0.4, 0.5) is 0 Å². The summed E-state index contributed by atoms with van der Waals surface area (Å²) in [5.41, 5.74) is 0.514. The molecule has 1 aliphatic carbocycles. The van der Waals surface area contributed by atoms with Crippen molar-refractivity contribution < 1.29 is 14.7 Å². The van der Waals surface area contributed by atoms with Crippen molar-refractivity contribution in [3.8, 4) is 5.75 Å². The van der Waals surface area contributed by atoms with Crippen LogP contribution in [0.3, 0.4) is 0 Å². The first-order valence-electron chi connectivity index (χ1n) is 9.99. The molecule has 0 atom stereocenters. The van der Waals surface area contributed by atoms with Crippen LogP contribution in [0.15, 0.2) is 24.3 Å². The Kier molecular flexibility index (Phi) is 6.53. The first kappa shape index (κ1) is 18.7. The summed E-state index contributed by atoms with van der Waals surface area (Å²) in [7, 11) is 0. The van der Waals surface area contributed by atoms with Gasteiger partial charge in [0.15, 0.2) is 0 Å². The van der Waals surface area contributed by atoms with Crippen LogP contribution in [0, 0.1) is 5.92 Å². The van der Waals surface area contributed by atoms with E-state index in [-0.39, 0.29) is 23.6 Å². The first-order chi connectivity index (χ1) is 12.6. The molecule has 142 valence electrons. The fraction of sp³-hybridized carbons (Fsp3) is 0.619. The summed E-state index contributed by atoms with van der Waals surface area (Å²) in [4.78, 5) is 26.5. The zero-order valence-corrected chi connectivity index (χ0v) is 15.5. The third kappa shape index (κ3) is 5.23. The normalized spacial score (nSPS) is 19.3. The topological polar surface area (TPSA) is 69.6 Å². The van der Waals surface area contributed by atoms with E-state index in [0.717, 1.165) is 25.2 Å². The number of benzene rings is 1. The number of phenolic OH excluding ortho intramolecular Hbond substituents is 1. The number of likely N-dealkylation sites (tertiary alicyclic amines) is 1. The van der Waals surface area contributed by atoms with Gasteiger partial charge in [0.2, 0.25) is 5.91 Å². The van der Waals surface area contributed by atoms with Gasteiger partial charge in [-0.05, 0) is 43.4 Å². The van der Waals surface area contributed by atoms with Crippen molar-refractivity contribution in [3.63, 3.8) is 0 Å². The van der Waals surface area contributed by atoms with Crippen LogP contribution in [0.25, 0.3) is 0 Å². The van der Waals surface area contributed by atoms with Gasteiger partial charge in [-0.1, -0.05) is 38.2 Å². The van der Waals surface area contributed by atoms with E-state index in [9.17, 15) is 14.7 Å². The first-order valence-corrected chi connectivity index (χ1v) is 9.99. The quantitative estimate of drug-likeness (QED) is 0.847. The van der Waals surface area contributed by atoms with Gasteiger partial charge in [0.05, 0.1) is 0 Å². The number of hydrogen-bond acceptors (Lipinski definition) is 3. The highest BCUT2D eigenvalue weighted by Gasteiger charge is 2.25. The van der Waals surface area contributed by atoms with Crippen molar-refractivity contribution in [2.45, 2.75) is 63.8 Å². The van der Waals surface area contributed by atoms with Crippen molar-refractivity contribution in [2.24, 2.45) is 5.92 Å². The lowest BCUT2D eigenvalue weighted by Crippen LogP contribution is -2.46. The maximum Gasteiger partial charge on any atom is 0.253 e. The molecule has 1 saturated carbocycles. The summed E-state index contributed by atoms with van der Waals surface area (Å²) in [5.74, 6) is 0.948. The van der Waals surface area contributed by atoms with E-state index < -0.39 is 0 Å². The SMILES string of the molecule is O=C(CCC1CCCCC1)NC1CCN(C(=O)c2cccc(O)c2)CC1. The minimum atomic E-state index is -0.0528. The van der Waals surface area contributed by atoms with Crippen LogP contribution >= 0.6 is 0 Å². The van der Waals surface area contributed by atoms with Gasteiger partial charge in [0.25, 0.3) is 5.91 Å². The van der Waals surface area contributed by atoms with Gasteiger partial charge in [-0.3, -0.25) is 9.59 Å². The molecule has 2 aliphatic rings. The van der Waals surface area contributed by atoms with Gasteiger partial charge in [-0.15, -0.1) is 0 Å². The Morgan fingerprint density at radius 1 is 1.08 bits per heavy atom. The van der Waals surface area contributed by atoms with Crippen LogP contribution in [-0.4, -0.2) is 41.0 Å². The largest absolute Gasteiger partial charge is 0.508 e. The molecule has 0 spiro atoms. The van der Waals surface area contributed by atoms with Gasteiger partial charge in [-0.25, -0.2) is 0 Å². The minimum absolute atomic E-state index is 0.0528. The smallest absolute Gasteiger partial charge is 0.253 e. The summed E-state index contributed by atoms with van der Waals surface area (Å²) < 4.78 is 0. The second-order valence-corrected chi connectivity index (χ2v) is 7.73. The zero-order chi connectivity index (χ0) is 18.4. The number of amides is 2. The predicted molar refractivity (Wildman–Crippen MR) is 101 cm³/mol. The molecule has 3 rings (SSSR count). The number of nitrogens with zero attached hydrogens (tertiary/aromatic N) is 1. The second-order valence-electron chi connectivity index (χ2n) is 7.73. The Morgan fingerprint density at radius 2 is 1.81 bits per heavy atom. The third-order valence-corrected chi connectivity index (χ3v) is 5.74. The van der Waals surface area contributed by atoms with Crippen molar-refractivity contribution in [1.29, 1.82) is 0 Å². The fourth-order valence-electron chi connectivity index (χ4n) is 4.16. The van der Waals surface area contributed by atoms with Crippen LogP contribution < -0.4 is 5.32 Å². The van der Waals surface area contributed by atoms with E-state index in [1.807, 2.05) is 0 Å². The van der Waals surface area contributed by atoms with Crippen molar-refractivity contribution in [1.82, 2.24) is 10.2 Å². The molecule has 0 aromatic heterocycles. The fourth-order valence-corrected chi connectivity index (χ4v) is 4.16. The standard InChI is InChI=1S/C21H30N2O3/c24-19-8-4-7-17(15-19)21(26)23-13-11-18(12-14-23)22-20(25)10-9-16-5-2-1-3-6-16/h4,7-8,15-16,18,24H,1-3,5-6,9-14H2,(H,22,25). The number of piperidine rings is 1. The molecular formula is C21H30N2O3. The molecule has 0 bridgehead atoms. The Morgan fingerprint density at radius 3 is 2.50 bits per heavy atom. The lowest BCUT2D eigenvalue weighted by molar-refractivity contribution is -0.122. The molecule has 1 heterocycles. The van der Waals surface area contributed by atoms with Gasteiger partial charge < -0.3 is 15.3 Å². The zero-order valence-electron chi connectivity index (χ0n) is 15.5. The third-order valence-electron chi connectivity index (χ3n) is 5.74. The van der Waals surface area contributed by atoms with E-state index >= 15 is 0 Å². The van der Waals surface area contributed by atoms with Gasteiger partial charge in [0.1, 0.15) is 5.75 Å². The van der Waals surface area contributed by atoms with E-state index in [0.29, 0.717) is 25.1 Å². The van der Waals surface area contributed by atoms with Crippen LogP contribution in [0.1, 0.15) is 68.1 Å². The molecular weight excluding hydrogens is 328 g/mol. The predicted octanol–water partition coefficient (Wildman–Crippen LogP) is 3.47. The molecule has 1 saturated heterocycles. The Balaban J connectivity index is 1.39. The number of hydrogen-bond donors (Lipinski definition) is 2. The lowest BCUT2D eigenvalue weighted by atomic mass is 9.86. The highest BCUT2D eigenvalue weighted by atomic mass is 16.3. The Bertz CT molecular complexity index is 617. The Labute approximate surface area is 155 Å². The molecule has 1 aliphatic heterocycles. The summed E-state index contributed by atoms with van der Waals surface area (Å²) in [6.07, 6.45) is 9.78. The summed E-state index contributed by atoms with van der Waals surface area (Å²) in [6, 6.07) is 6.64. The molecule has 5 heteroatoms. The average Bonchev–Trinajstić information content (AvgIpc) is 2.67. The molecule has 26 heavy (non-hydrogen) atoms. The number of aromatic hydroxyl groups is 1. The minimum Gasteiger partial charge on any atom is -0.508 e. The molecule has 0 radical (unpaired) electrons. The van der Waals surface area contributed by atoms with Crippen LogP contribution in [-0.2, 0) is 4.79 Å². The van der Waals surface area contributed by atoms with Gasteiger partial charge >= 0.3 is 0 Å². The highest BCUT2D eigenvalue weighted by molar-refractivity contribution is 5.94. The number of carbonyl (C=O) groups excluding carboxylic acids is 2. The molecule has 5 nitrogen and oxygen atoms in total. The maximum absolute atomic E-state index is 12.5. The van der Waals surface area contributed by atoms with E-state index in [1.54, 1.807) is 23.1 Å². The van der Waals surface area contributed by atoms with Gasteiger partial charge in [0, 0.05) is 31.1 Å². The monoisotopic (exact) mass is 358 g/mol. The molecule has 1 aromatic carbocycles. The van der Waals surface area contributed by atoms with Crippen molar-refractivity contribution in [2.75, 3.05) is 13.1 Å². The summed E-state index contributed by atoms with van der Waals surface area (Å²) in [6.45, 7) is 1.28. The molecule has 2 fully saturated rings. The van der Waals surface area contributed by atoms with Gasteiger partial charge in [-0.2, -0.15) is 0 Å². The highest BCUT2D eigenvalue weighted by Crippen LogP contribution is 2.27. The van der Waals surface area contributed by atoms with E-state index in [1.165, 1.54) is 38.2 Å². The summed E-state index contributed by atoms with van der Waals surface area (Å²) >= 11 is 0. The lowest BCUT2D eigenvalue weighted by Gasteiger charge is -2.32. The molecule has 2 amide bonds. The van der Waals surface area contributed by atoms with Crippen molar-refractivity contribution >= 4 is 11.8 Å². The maximum atomic E-state index is 12.5. The number of phenols is 1.